The van der Waals surface area contributed by atoms with Crippen molar-refractivity contribution in [2.24, 2.45) is 11.3 Å². The quantitative estimate of drug-likeness (QED) is 0.695. The summed E-state index contributed by atoms with van der Waals surface area (Å²) in [6.45, 7) is -0.477. The fourth-order valence-electron chi connectivity index (χ4n) is 5.66. The number of carbonyl (C=O) groups is 1. The highest BCUT2D eigenvalue weighted by molar-refractivity contribution is 5.94. The number of halogens is 3. The first kappa shape index (κ1) is 19.2. The number of benzene rings is 1. The molecule has 28 heavy (non-hydrogen) atoms. The minimum Gasteiger partial charge on any atom is -0.346 e. The number of fused-ring (bicyclic) bond motifs is 3. The summed E-state index contributed by atoms with van der Waals surface area (Å²) in [7, 11) is 1.87. The highest BCUT2D eigenvalue weighted by Crippen LogP contribution is 2.81. The highest BCUT2D eigenvalue weighted by atomic mass is 19.4. The molecule has 3 aliphatic carbocycles. The zero-order chi connectivity index (χ0) is 20.0. The van der Waals surface area contributed by atoms with E-state index < -0.39 is 29.5 Å². The monoisotopic (exact) mass is 390 g/mol. The van der Waals surface area contributed by atoms with Gasteiger partial charge in [-0.15, -0.1) is 0 Å². The number of unbranched alkanes of at least 4 members (excludes halogenated alkanes) is 1. The Labute approximate surface area is 163 Å². The van der Waals surface area contributed by atoms with Gasteiger partial charge < -0.3 is 10.6 Å². The van der Waals surface area contributed by atoms with Gasteiger partial charge in [0.15, 0.2) is 0 Å². The van der Waals surface area contributed by atoms with Gasteiger partial charge >= 0.3 is 6.18 Å². The molecule has 3 aliphatic rings. The van der Waals surface area contributed by atoms with E-state index in [-0.39, 0.29) is 11.8 Å². The molecule has 3 unspecified atom stereocenters. The van der Waals surface area contributed by atoms with Crippen molar-refractivity contribution in [3.63, 3.8) is 0 Å². The van der Waals surface area contributed by atoms with Crippen molar-refractivity contribution < 1.29 is 18.0 Å². The fourth-order valence-corrected chi connectivity index (χ4v) is 5.66. The van der Waals surface area contributed by atoms with Crippen molar-refractivity contribution in [2.45, 2.75) is 36.8 Å². The maximum atomic E-state index is 13.4. The number of hydrogen-bond donors (Lipinski definition) is 2. The standard InChI is InChI=1S/C22H25F3N2O/c1-26-13-7-6-12-21(19(28)27-14-22(23,24)25)16-9-3-2-8-15(16)18-17-10-4-5-11-20(17,18)21/h2-5,8-11,17-18,26H,6-7,12-14H2,1H3,(H,27,28)/t17-,18?,20?,21?/m1/s1. The minimum atomic E-state index is -4.43. The van der Waals surface area contributed by atoms with E-state index in [1.54, 1.807) is 0 Å². The van der Waals surface area contributed by atoms with Gasteiger partial charge in [-0.25, -0.2) is 0 Å². The SMILES string of the molecule is CNCCCCC1(C(=O)NCC(F)(F)F)c2ccccc2C2[C@H]3C=CC=CC231. The maximum absolute atomic E-state index is 13.4. The van der Waals surface area contributed by atoms with Crippen LogP contribution >= 0.6 is 0 Å². The topological polar surface area (TPSA) is 41.1 Å². The molecule has 4 atom stereocenters. The van der Waals surface area contributed by atoms with E-state index in [9.17, 15) is 18.0 Å². The summed E-state index contributed by atoms with van der Waals surface area (Å²) in [5, 5.41) is 5.34. The first-order valence-corrected chi connectivity index (χ1v) is 9.83. The van der Waals surface area contributed by atoms with Gasteiger partial charge in [0.25, 0.3) is 0 Å². The molecule has 4 rings (SSSR count). The van der Waals surface area contributed by atoms with Crippen LogP contribution in [0.25, 0.3) is 0 Å². The van der Waals surface area contributed by atoms with Crippen LogP contribution in [-0.4, -0.2) is 32.2 Å². The van der Waals surface area contributed by atoms with E-state index in [2.05, 4.69) is 22.8 Å². The van der Waals surface area contributed by atoms with E-state index in [1.165, 1.54) is 0 Å². The second kappa shape index (κ2) is 6.76. The summed E-state index contributed by atoms with van der Waals surface area (Å²) < 4.78 is 38.6. The molecule has 0 radical (unpaired) electrons. The number of amides is 1. The zero-order valence-corrected chi connectivity index (χ0v) is 15.9. The Bertz CT molecular complexity index is 831. The Morgan fingerprint density at radius 1 is 1.18 bits per heavy atom. The molecule has 0 bridgehead atoms. The number of hydrogen-bond acceptors (Lipinski definition) is 2. The third-order valence-electron chi connectivity index (χ3n) is 6.68. The molecular formula is C22H25F3N2O. The van der Waals surface area contributed by atoms with Gasteiger partial charge in [0.05, 0.1) is 5.41 Å². The number of nitrogens with one attached hydrogen (secondary N) is 2. The van der Waals surface area contributed by atoms with Gasteiger partial charge in [-0.05, 0) is 43.5 Å². The summed E-state index contributed by atoms with van der Waals surface area (Å²) >= 11 is 0. The van der Waals surface area contributed by atoms with Crippen LogP contribution in [0.15, 0.2) is 48.6 Å². The number of rotatable bonds is 7. The predicted octanol–water partition coefficient (Wildman–Crippen LogP) is 3.83. The van der Waals surface area contributed by atoms with Crippen molar-refractivity contribution in [1.29, 1.82) is 0 Å². The number of allylic oxidation sites excluding steroid dienone is 4. The summed E-state index contributed by atoms with van der Waals surface area (Å²) in [4.78, 5) is 13.4. The molecule has 1 fully saturated rings. The Balaban J connectivity index is 1.76. The van der Waals surface area contributed by atoms with Crippen molar-refractivity contribution in [2.75, 3.05) is 20.1 Å². The first-order chi connectivity index (χ1) is 13.4. The van der Waals surface area contributed by atoms with Gasteiger partial charge in [-0.3, -0.25) is 4.79 Å². The van der Waals surface area contributed by atoms with E-state index in [0.29, 0.717) is 6.42 Å². The molecule has 0 saturated heterocycles. The smallest absolute Gasteiger partial charge is 0.346 e. The van der Waals surface area contributed by atoms with Crippen molar-refractivity contribution >= 4 is 5.91 Å². The second-order valence-corrected chi connectivity index (χ2v) is 8.03. The average molecular weight is 390 g/mol. The van der Waals surface area contributed by atoms with E-state index in [4.69, 9.17) is 0 Å². The van der Waals surface area contributed by atoms with Gasteiger partial charge in [0.1, 0.15) is 6.54 Å². The van der Waals surface area contributed by atoms with E-state index in [0.717, 1.165) is 30.5 Å². The number of carbonyl (C=O) groups excluding carboxylic acids is 1. The largest absolute Gasteiger partial charge is 0.405 e. The molecule has 1 saturated carbocycles. The van der Waals surface area contributed by atoms with Crippen molar-refractivity contribution in [1.82, 2.24) is 10.6 Å². The van der Waals surface area contributed by atoms with Gasteiger partial charge in [-0.1, -0.05) is 55.0 Å². The van der Waals surface area contributed by atoms with Crippen molar-refractivity contribution in [3.05, 3.63) is 59.7 Å². The lowest BCUT2D eigenvalue weighted by Gasteiger charge is -2.39. The molecule has 6 heteroatoms. The molecule has 1 aromatic rings. The third-order valence-corrected chi connectivity index (χ3v) is 6.68. The summed E-state index contributed by atoms with van der Waals surface area (Å²) in [6.07, 6.45) is 5.88. The fraction of sp³-hybridized carbons (Fsp3) is 0.500. The molecular weight excluding hydrogens is 365 g/mol. The average Bonchev–Trinajstić information content (AvgIpc) is 3.29. The maximum Gasteiger partial charge on any atom is 0.405 e. The normalized spacial score (nSPS) is 31.9. The number of alkyl halides is 3. The van der Waals surface area contributed by atoms with Crippen LogP contribution in [0.4, 0.5) is 13.2 Å². The summed E-state index contributed by atoms with van der Waals surface area (Å²) in [5.74, 6) is -0.153. The molecule has 0 aromatic heterocycles. The van der Waals surface area contributed by atoms with Gasteiger partial charge in [0.2, 0.25) is 5.91 Å². The van der Waals surface area contributed by atoms with Crippen molar-refractivity contribution in [3.8, 4) is 0 Å². The van der Waals surface area contributed by atoms with E-state index >= 15 is 0 Å². The highest BCUT2D eigenvalue weighted by Gasteiger charge is 2.79. The zero-order valence-electron chi connectivity index (χ0n) is 15.9. The van der Waals surface area contributed by atoms with Crippen LogP contribution in [-0.2, 0) is 10.2 Å². The Kier molecular flexibility index (Phi) is 4.65. The van der Waals surface area contributed by atoms with Gasteiger partial charge in [0, 0.05) is 11.3 Å². The molecule has 1 spiro atoms. The van der Waals surface area contributed by atoms with Crippen LogP contribution < -0.4 is 10.6 Å². The van der Waals surface area contributed by atoms with E-state index in [1.807, 2.05) is 43.5 Å². The lowest BCUT2D eigenvalue weighted by Crippen LogP contribution is -2.52. The molecule has 2 N–H and O–H groups in total. The third kappa shape index (κ3) is 2.65. The first-order valence-electron chi connectivity index (χ1n) is 9.83. The Hall–Kier alpha value is -2.08. The molecule has 150 valence electrons. The molecule has 3 nitrogen and oxygen atoms in total. The Morgan fingerprint density at radius 3 is 2.71 bits per heavy atom. The second-order valence-electron chi connectivity index (χ2n) is 8.03. The summed E-state index contributed by atoms with van der Waals surface area (Å²) in [5.41, 5.74) is 0.611. The van der Waals surface area contributed by atoms with Crippen LogP contribution in [0.3, 0.4) is 0 Å². The predicted molar refractivity (Wildman–Crippen MR) is 102 cm³/mol. The van der Waals surface area contributed by atoms with Crippen LogP contribution in [0, 0.1) is 11.3 Å². The molecule has 1 amide bonds. The van der Waals surface area contributed by atoms with Crippen LogP contribution in [0.2, 0.25) is 0 Å². The minimum absolute atomic E-state index is 0.166. The molecule has 1 aromatic carbocycles. The molecule has 0 heterocycles. The summed E-state index contributed by atoms with van der Waals surface area (Å²) in [6, 6.07) is 7.81. The Morgan fingerprint density at radius 2 is 1.96 bits per heavy atom. The van der Waals surface area contributed by atoms with Crippen LogP contribution in [0.1, 0.15) is 36.3 Å². The lowest BCUT2D eigenvalue weighted by molar-refractivity contribution is -0.143. The molecule has 0 aliphatic heterocycles. The lowest BCUT2D eigenvalue weighted by atomic mass is 9.64. The van der Waals surface area contributed by atoms with Crippen LogP contribution in [0.5, 0.6) is 0 Å². The van der Waals surface area contributed by atoms with Gasteiger partial charge in [-0.2, -0.15) is 13.2 Å².